The van der Waals surface area contributed by atoms with Crippen molar-refractivity contribution >= 4 is 16.0 Å². The highest BCUT2D eigenvalue weighted by Gasteiger charge is 2.23. The van der Waals surface area contributed by atoms with Gasteiger partial charge in [0.1, 0.15) is 5.82 Å². The van der Waals surface area contributed by atoms with Crippen LogP contribution in [0.4, 0.5) is 4.39 Å². The number of nitrogens with zero attached hydrogens (tertiary/aromatic N) is 1. The number of piperazine rings is 1. The molecule has 134 valence electrons. The molecule has 2 N–H and O–H groups in total. The van der Waals surface area contributed by atoms with E-state index in [1.165, 1.54) is 0 Å². The zero-order valence-corrected chi connectivity index (χ0v) is 14.4. The molecule has 1 aliphatic rings. The van der Waals surface area contributed by atoms with E-state index in [-0.39, 0.29) is 17.0 Å². The number of ether oxygens (including phenoxy) is 1. The number of methoxy groups -OCH3 is 1. The van der Waals surface area contributed by atoms with Crippen molar-refractivity contribution in [3.05, 3.63) is 29.6 Å². The van der Waals surface area contributed by atoms with Gasteiger partial charge < -0.3 is 15.0 Å². The highest BCUT2D eigenvalue weighted by atomic mass is 32.2. The zero-order valence-electron chi connectivity index (χ0n) is 13.5. The first-order chi connectivity index (χ1) is 11.4. The lowest BCUT2D eigenvalue weighted by Gasteiger charge is -2.27. The van der Waals surface area contributed by atoms with Crippen LogP contribution >= 0.6 is 0 Å². The van der Waals surface area contributed by atoms with Crippen molar-refractivity contribution in [1.82, 2.24) is 14.9 Å². The Morgan fingerprint density at radius 3 is 2.75 bits per heavy atom. The van der Waals surface area contributed by atoms with Gasteiger partial charge >= 0.3 is 5.97 Å². The molecule has 0 aromatic heterocycles. The molecule has 1 heterocycles. The summed E-state index contributed by atoms with van der Waals surface area (Å²) in [7, 11) is -2.80. The fraction of sp³-hybridized carbons (Fsp3) is 0.533. The zero-order chi connectivity index (χ0) is 17.6. The van der Waals surface area contributed by atoms with Crippen molar-refractivity contribution in [2.24, 2.45) is 0 Å². The maximum absolute atomic E-state index is 13.3. The van der Waals surface area contributed by atoms with Crippen LogP contribution in [0.3, 0.4) is 0 Å². The lowest BCUT2D eigenvalue weighted by atomic mass is 10.2. The number of rotatable bonds is 7. The minimum absolute atomic E-state index is 0.240. The highest BCUT2D eigenvalue weighted by molar-refractivity contribution is 7.89. The summed E-state index contributed by atoms with van der Waals surface area (Å²) in [4.78, 5) is 13.6. The lowest BCUT2D eigenvalue weighted by molar-refractivity contribution is 0.0595. The Kier molecular flexibility index (Phi) is 6.67. The van der Waals surface area contributed by atoms with E-state index in [0.717, 1.165) is 58.0 Å². The first-order valence-electron chi connectivity index (χ1n) is 7.74. The molecule has 0 spiro atoms. The third-order valence-electron chi connectivity index (χ3n) is 3.79. The van der Waals surface area contributed by atoms with Crippen LogP contribution in [0.25, 0.3) is 0 Å². The van der Waals surface area contributed by atoms with E-state index in [1.54, 1.807) is 0 Å². The fourth-order valence-corrected chi connectivity index (χ4v) is 3.78. The molecular formula is C15H22FN3O4S. The topological polar surface area (TPSA) is 87.7 Å². The lowest BCUT2D eigenvalue weighted by Crippen LogP contribution is -2.44. The van der Waals surface area contributed by atoms with Gasteiger partial charge in [0.2, 0.25) is 10.0 Å². The van der Waals surface area contributed by atoms with Crippen LogP contribution in [-0.2, 0) is 14.8 Å². The predicted molar refractivity (Wildman–Crippen MR) is 86.9 cm³/mol. The largest absolute Gasteiger partial charge is 0.465 e. The van der Waals surface area contributed by atoms with Crippen molar-refractivity contribution in [3.63, 3.8) is 0 Å². The SMILES string of the molecule is COC(=O)c1cc(F)ccc1S(=O)(=O)NCCCN1CCNCC1. The fourth-order valence-electron chi connectivity index (χ4n) is 2.53. The van der Waals surface area contributed by atoms with Gasteiger partial charge in [0.05, 0.1) is 17.6 Å². The number of benzene rings is 1. The Morgan fingerprint density at radius 2 is 2.08 bits per heavy atom. The number of esters is 1. The Morgan fingerprint density at radius 1 is 1.38 bits per heavy atom. The molecule has 24 heavy (non-hydrogen) atoms. The van der Waals surface area contributed by atoms with Crippen molar-refractivity contribution in [2.45, 2.75) is 11.3 Å². The van der Waals surface area contributed by atoms with E-state index in [1.807, 2.05) is 0 Å². The molecule has 0 bridgehead atoms. The molecule has 2 rings (SSSR count). The van der Waals surface area contributed by atoms with Gasteiger partial charge in [-0.3, -0.25) is 0 Å². The predicted octanol–water partition coefficient (Wildman–Crippen LogP) is 0.186. The molecule has 1 saturated heterocycles. The number of hydrogen-bond donors (Lipinski definition) is 2. The second kappa shape index (κ2) is 8.52. The van der Waals surface area contributed by atoms with Gasteiger partial charge in [0, 0.05) is 32.7 Å². The summed E-state index contributed by atoms with van der Waals surface area (Å²) >= 11 is 0. The molecule has 1 aliphatic heterocycles. The molecule has 1 aromatic carbocycles. The molecule has 1 fully saturated rings. The summed E-state index contributed by atoms with van der Waals surface area (Å²) in [5.41, 5.74) is -0.313. The van der Waals surface area contributed by atoms with E-state index in [9.17, 15) is 17.6 Å². The van der Waals surface area contributed by atoms with Crippen molar-refractivity contribution < 1.29 is 22.3 Å². The summed E-state index contributed by atoms with van der Waals surface area (Å²) in [6.45, 7) is 4.78. The van der Waals surface area contributed by atoms with E-state index in [0.29, 0.717) is 6.42 Å². The first kappa shape index (κ1) is 18.8. The molecule has 0 aliphatic carbocycles. The number of carbonyl (C=O) groups excluding carboxylic acids is 1. The molecule has 0 atom stereocenters. The molecule has 0 saturated carbocycles. The molecule has 0 unspecified atom stereocenters. The number of hydrogen-bond acceptors (Lipinski definition) is 6. The quantitative estimate of drug-likeness (QED) is 0.534. The van der Waals surface area contributed by atoms with Gasteiger partial charge in [-0.2, -0.15) is 0 Å². The van der Waals surface area contributed by atoms with Crippen molar-refractivity contribution in [1.29, 1.82) is 0 Å². The summed E-state index contributed by atoms with van der Waals surface area (Å²) in [6, 6.07) is 2.93. The van der Waals surface area contributed by atoms with E-state index in [2.05, 4.69) is 19.7 Å². The average Bonchev–Trinajstić information content (AvgIpc) is 2.58. The third-order valence-corrected chi connectivity index (χ3v) is 5.31. The van der Waals surface area contributed by atoms with Gasteiger partial charge in [-0.25, -0.2) is 22.3 Å². The van der Waals surface area contributed by atoms with Crippen LogP contribution in [0.2, 0.25) is 0 Å². The van der Waals surface area contributed by atoms with Gasteiger partial charge in [0.15, 0.2) is 0 Å². The highest BCUT2D eigenvalue weighted by Crippen LogP contribution is 2.18. The van der Waals surface area contributed by atoms with E-state index < -0.39 is 21.8 Å². The molecule has 7 nitrogen and oxygen atoms in total. The van der Waals surface area contributed by atoms with E-state index >= 15 is 0 Å². The molecule has 9 heteroatoms. The van der Waals surface area contributed by atoms with Crippen LogP contribution in [0.15, 0.2) is 23.1 Å². The molecule has 0 amide bonds. The Balaban J connectivity index is 1.98. The first-order valence-corrected chi connectivity index (χ1v) is 9.23. The Hall–Kier alpha value is -1.55. The summed E-state index contributed by atoms with van der Waals surface area (Å²) in [5.74, 6) is -1.59. The number of halogens is 1. The number of nitrogens with one attached hydrogen (secondary N) is 2. The van der Waals surface area contributed by atoms with Crippen LogP contribution in [0, 0.1) is 5.82 Å². The maximum atomic E-state index is 13.3. The van der Waals surface area contributed by atoms with Crippen molar-refractivity contribution in [3.8, 4) is 0 Å². The minimum atomic E-state index is -3.91. The summed E-state index contributed by atoms with van der Waals surface area (Å²) in [5, 5.41) is 3.25. The van der Waals surface area contributed by atoms with Gasteiger partial charge in [-0.05, 0) is 31.2 Å². The monoisotopic (exact) mass is 359 g/mol. The summed E-state index contributed by atoms with van der Waals surface area (Å²) < 4.78 is 45.0. The Bertz CT molecular complexity index is 675. The van der Waals surface area contributed by atoms with Crippen LogP contribution < -0.4 is 10.0 Å². The third kappa shape index (κ3) is 4.97. The smallest absolute Gasteiger partial charge is 0.339 e. The van der Waals surface area contributed by atoms with Crippen molar-refractivity contribution in [2.75, 3.05) is 46.4 Å². The molecule has 0 radical (unpaired) electrons. The van der Waals surface area contributed by atoms with Gasteiger partial charge in [0.25, 0.3) is 0 Å². The average molecular weight is 359 g/mol. The van der Waals surface area contributed by atoms with Crippen LogP contribution in [0.1, 0.15) is 16.8 Å². The molecular weight excluding hydrogens is 337 g/mol. The molecule has 1 aromatic rings. The number of sulfonamides is 1. The number of carbonyl (C=O) groups is 1. The standard InChI is InChI=1S/C15H22FN3O4S/c1-23-15(20)13-11-12(16)3-4-14(13)24(21,22)18-5-2-8-19-9-6-17-7-10-19/h3-4,11,17-18H,2,5-10H2,1H3. The normalized spacial score (nSPS) is 16.1. The summed E-state index contributed by atoms with van der Waals surface area (Å²) in [6.07, 6.45) is 0.647. The van der Waals surface area contributed by atoms with Gasteiger partial charge in [-0.1, -0.05) is 0 Å². The minimum Gasteiger partial charge on any atom is -0.465 e. The van der Waals surface area contributed by atoms with E-state index in [4.69, 9.17) is 0 Å². The second-order valence-corrected chi connectivity index (χ2v) is 7.21. The van der Waals surface area contributed by atoms with Gasteiger partial charge in [-0.15, -0.1) is 0 Å². The van der Waals surface area contributed by atoms with Crippen LogP contribution in [-0.4, -0.2) is 65.7 Å². The second-order valence-electron chi connectivity index (χ2n) is 5.48. The van der Waals surface area contributed by atoms with Crippen LogP contribution in [0.5, 0.6) is 0 Å². The Labute approximate surface area is 141 Å². The maximum Gasteiger partial charge on any atom is 0.339 e.